The number of oxazole rings is 1. The minimum Gasteiger partial charge on any atom is -0.465 e. The first-order valence-corrected chi connectivity index (χ1v) is 12.2. The summed E-state index contributed by atoms with van der Waals surface area (Å²) in [5.41, 5.74) is 10.1. The Balaban J connectivity index is 1.49. The number of aromatic nitrogens is 2. The topological polar surface area (TPSA) is 157 Å². The molecule has 0 unspecified atom stereocenters. The molecule has 198 valence electrons. The Bertz CT molecular complexity index is 1680. The van der Waals surface area contributed by atoms with Crippen LogP contribution in [0.5, 0.6) is 0 Å². The van der Waals surface area contributed by atoms with E-state index in [4.69, 9.17) is 31.5 Å². The Morgan fingerprint density at radius 2 is 1.97 bits per heavy atom. The summed E-state index contributed by atoms with van der Waals surface area (Å²) in [6.07, 6.45) is 1.41. The quantitative estimate of drug-likeness (QED) is 0.208. The predicted molar refractivity (Wildman–Crippen MR) is 148 cm³/mol. The molecule has 5 N–H and O–H groups in total. The lowest BCUT2D eigenvalue weighted by molar-refractivity contribution is -0.113. The number of nitrogens with one attached hydrogen (secondary N) is 3. The zero-order valence-corrected chi connectivity index (χ0v) is 22.0. The summed E-state index contributed by atoms with van der Waals surface area (Å²) in [6, 6.07) is 13.1. The molecule has 5 rings (SSSR count). The minimum atomic E-state index is -0.792. The van der Waals surface area contributed by atoms with Crippen molar-refractivity contribution in [1.82, 2.24) is 15.3 Å². The summed E-state index contributed by atoms with van der Waals surface area (Å²) < 4.78 is 10.5. The summed E-state index contributed by atoms with van der Waals surface area (Å²) in [4.78, 5) is 38.8. The van der Waals surface area contributed by atoms with Crippen LogP contribution in [0, 0.1) is 6.92 Å². The van der Waals surface area contributed by atoms with Crippen LogP contribution in [0.15, 0.2) is 75.4 Å². The molecule has 2 aromatic carbocycles. The fourth-order valence-corrected chi connectivity index (χ4v) is 4.50. The van der Waals surface area contributed by atoms with Crippen LogP contribution in [-0.2, 0) is 9.53 Å². The monoisotopic (exact) mass is 545 g/mol. The van der Waals surface area contributed by atoms with Gasteiger partial charge in [-0.2, -0.15) is 4.98 Å². The van der Waals surface area contributed by atoms with Gasteiger partial charge in [-0.25, -0.2) is 14.8 Å². The first-order valence-electron chi connectivity index (χ1n) is 11.8. The number of ether oxygens (including phenoxy) is 1. The minimum absolute atomic E-state index is 0.174. The number of amides is 1. The summed E-state index contributed by atoms with van der Waals surface area (Å²) in [5.74, 6) is -0.558. The molecule has 1 amide bonds. The van der Waals surface area contributed by atoms with Crippen molar-refractivity contribution in [2.24, 2.45) is 4.99 Å². The highest BCUT2D eigenvalue weighted by Gasteiger charge is 2.31. The van der Waals surface area contributed by atoms with Crippen molar-refractivity contribution in [3.63, 3.8) is 0 Å². The number of guanidine groups is 1. The number of aliphatic imine (C=N–C) groups is 1. The smallest absolute Gasteiger partial charge is 0.338 e. The van der Waals surface area contributed by atoms with Crippen LogP contribution in [-0.4, -0.2) is 34.9 Å². The average Bonchev–Trinajstić information content (AvgIpc) is 3.31. The molecule has 4 aromatic rings. The Hall–Kier alpha value is -4.90. The molecule has 0 bridgehead atoms. The van der Waals surface area contributed by atoms with Crippen molar-refractivity contribution in [3.05, 3.63) is 87.7 Å². The molecule has 3 heterocycles. The maximum Gasteiger partial charge on any atom is 0.338 e. The van der Waals surface area contributed by atoms with Gasteiger partial charge in [0.25, 0.3) is 5.91 Å². The second-order valence-electron chi connectivity index (χ2n) is 8.78. The molecule has 0 spiro atoms. The van der Waals surface area contributed by atoms with E-state index in [1.165, 1.54) is 25.4 Å². The first-order chi connectivity index (χ1) is 18.7. The summed E-state index contributed by atoms with van der Waals surface area (Å²) in [5, 5.41) is 9.32. The molecule has 0 aliphatic carbocycles. The number of carbonyl (C=O) groups is 2. The number of rotatable bonds is 5. The number of carbonyl (C=O) groups excluding carboxylic acids is 2. The standard InChI is InChI=1S/C27H24ClN7O4/c1-13-7-8-16(17(28)11-13)22-21(24(36)33-20-12-15(9-10-30-20)25(37)38-3)14(2)31-26(34-22)35-27-32-19-6-4-5-18(29)23(19)39-27/h4-12,22H,29H2,1-3H3,(H,30,33,36)(H2,31,32,34,35)/t22-/m0/s1. The number of nitrogens with zero attached hydrogens (tertiary/aromatic N) is 3. The third kappa shape index (κ3) is 5.25. The lowest BCUT2D eigenvalue weighted by Gasteiger charge is -2.27. The number of para-hydroxylation sites is 1. The number of nitrogen functional groups attached to an aromatic ring is 1. The summed E-state index contributed by atoms with van der Waals surface area (Å²) >= 11 is 6.62. The van der Waals surface area contributed by atoms with E-state index in [1.54, 1.807) is 31.2 Å². The molecular formula is C27H24ClN7O4. The highest BCUT2D eigenvalue weighted by atomic mass is 35.5. The van der Waals surface area contributed by atoms with Gasteiger partial charge in [-0.1, -0.05) is 29.8 Å². The SMILES string of the molecule is COC(=O)c1ccnc(NC(=O)C2=C(C)NC(Nc3nc4cccc(N)c4o3)=N[C@H]2c2ccc(C)cc2Cl)c1. The molecule has 2 aromatic heterocycles. The van der Waals surface area contributed by atoms with Crippen LogP contribution in [0.4, 0.5) is 17.5 Å². The number of allylic oxidation sites excluding steroid dienone is 1. The maximum absolute atomic E-state index is 13.6. The van der Waals surface area contributed by atoms with E-state index in [1.807, 2.05) is 19.1 Å². The molecule has 11 nitrogen and oxygen atoms in total. The second-order valence-corrected chi connectivity index (χ2v) is 9.19. The van der Waals surface area contributed by atoms with E-state index in [2.05, 4.69) is 25.9 Å². The molecule has 1 aliphatic rings. The lowest BCUT2D eigenvalue weighted by Crippen LogP contribution is -2.37. The van der Waals surface area contributed by atoms with Gasteiger partial charge < -0.3 is 25.5 Å². The van der Waals surface area contributed by atoms with Crippen LogP contribution in [0.25, 0.3) is 11.1 Å². The maximum atomic E-state index is 13.6. The summed E-state index contributed by atoms with van der Waals surface area (Å²) in [7, 11) is 1.28. The fourth-order valence-electron chi connectivity index (χ4n) is 4.17. The van der Waals surface area contributed by atoms with Crippen LogP contribution < -0.4 is 21.7 Å². The van der Waals surface area contributed by atoms with Crippen molar-refractivity contribution in [2.45, 2.75) is 19.9 Å². The van der Waals surface area contributed by atoms with Crippen LogP contribution in [0.1, 0.15) is 34.5 Å². The zero-order valence-electron chi connectivity index (χ0n) is 21.2. The van der Waals surface area contributed by atoms with Crippen molar-refractivity contribution in [2.75, 3.05) is 23.5 Å². The molecule has 39 heavy (non-hydrogen) atoms. The van der Waals surface area contributed by atoms with E-state index >= 15 is 0 Å². The van der Waals surface area contributed by atoms with Crippen molar-refractivity contribution in [1.29, 1.82) is 0 Å². The van der Waals surface area contributed by atoms with Gasteiger partial charge in [-0.15, -0.1) is 0 Å². The van der Waals surface area contributed by atoms with Gasteiger partial charge in [-0.3, -0.25) is 10.1 Å². The molecule has 0 radical (unpaired) electrons. The number of halogens is 1. The van der Waals surface area contributed by atoms with Crippen molar-refractivity contribution in [3.8, 4) is 0 Å². The molecule has 12 heteroatoms. The Morgan fingerprint density at radius 3 is 2.72 bits per heavy atom. The number of hydrogen-bond donors (Lipinski definition) is 4. The average molecular weight is 546 g/mol. The fraction of sp³-hybridized carbons (Fsp3) is 0.148. The van der Waals surface area contributed by atoms with E-state index in [9.17, 15) is 9.59 Å². The van der Waals surface area contributed by atoms with Gasteiger partial charge in [-0.05, 0) is 49.7 Å². The first kappa shape index (κ1) is 25.7. The van der Waals surface area contributed by atoms with Gasteiger partial charge in [0.05, 0.1) is 23.9 Å². The van der Waals surface area contributed by atoms with Gasteiger partial charge in [0.1, 0.15) is 17.4 Å². The molecule has 0 fully saturated rings. The van der Waals surface area contributed by atoms with E-state index in [-0.39, 0.29) is 17.4 Å². The normalized spacial score (nSPS) is 15.0. The molecular weight excluding hydrogens is 522 g/mol. The van der Waals surface area contributed by atoms with Crippen LogP contribution in [0.3, 0.4) is 0 Å². The number of methoxy groups -OCH3 is 1. The number of fused-ring (bicyclic) bond motifs is 1. The van der Waals surface area contributed by atoms with Crippen molar-refractivity contribution >= 4 is 58.1 Å². The second kappa shape index (κ2) is 10.5. The number of aryl methyl sites for hydroxylation is 1. The number of esters is 1. The number of hydrogen-bond acceptors (Lipinski definition) is 10. The molecule has 1 atom stereocenters. The zero-order chi connectivity index (χ0) is 27.7. The molecule has 1 aliphatic heterocycles. The Kier molecular flexibility index (Phi) is 6.90. The van der Waals surface area contributed by atoms with E-state index in [0.717, 1.165) is 5.56 Å². The largest absolute Gasteiger partial charge is 0.465 e. The van der Waals surface area contributed by atoms with Gasteiger partial charge >= 0.3 is 12.0 Å². The van der Waals surface area contributed by atoms with Crippen LogP contribution in [0.2, 0.25) is 5.02 Å². The number of pyridine rings is 1. The highest BCUT2D eigenvalue weighted by molar-refractivity contribution is 6.31. The van der Waals surface area contributed by atoms with Crippen LogP contribution >= 0.6 is 11.6 Å². The Labute approximate surface area is 228 Å². The van der Waals surface area contributed by atoms with Gasteiger partial charge in [0, 0.05) is 22.5 Å². The van der Waals surface area contributed by atoms with Gasteiger partial charge in [0.15, 0.2) is 5.58 Å². The third-order valence-corrected chi connectivity index (χ3v) is 6.36. The molecule has 0 saturated carbocycles. The lowest BCUT2D eigenvalue weighted by atomic mass is 9.95. The third-order valence-electron chi connectivity index (χ3n) is 6.03. The van der Waals surface area contributed by atoms with E-state index in [0.29, 0.717) is 44.6 Å². The number of nitrogens with two attached hydrogens (primary N) is 1. The predicted octanol–water partition coefficient (Wildman–Crippen LogP) is 4.58. The van der Waals surface area contributed by atoms with Gasteiger partial charge in [0.2, 0.25) is 5.96 Å². The molecule has 0 saturated heterocycles. The summed E-state index contributed by atoms with van der Waals surface area (Å²) in [6.45, 7) is 3.66. The number of anilines is 3. The van der Waals surface area contributed by atoms with E-state index < -0.39 is 17.9 Å². The van der Waals surface area contributed by atoms with Crippen molar-refractivity contribution < 1.29 is 18.7 Å². The number of benzene rings is 2. The Morgan fingerprint density at radius 1 is 1.15 bits per heavy atom. The highest BCUT2D eigenvalue weighted by Crippen LogP contribution is 2.36.